The van der Waals surface area contributed by atoms with Gasteiger partial charge in [0.05, 0.1) is 39.3 Å². The van der Waals surface area contributed by atoms with Crippen LogP contribution in [0.15, 0.2) is 146 Å². The van der Waals surface area contributed by atoms with Gasteiger partial charge in [-0.3, -0.25) is 19.0 Å². The average molecular weight is 577 g/mol. The maximum Gasteiger partial charge on any atom is 0.281 e. The summed E-state index contributed by atoms with van der Waals surface area (Å²) in [6.07, 6.45) is 0. The van der Waals surface area contributed by atoms with Crippen LogP contribution in [-0.4, -0.2) is 58.8 Å². The number of benzene rings is 5. The Balaban J connectivity index is 1.40. The van der Waals surface area contributed by atoms with Gasteiger partial charge in [0.15, 0.2) is 24.2 Å². The Morgan fingerprint density at radius 3 is 0.977 bits per heavy atom. The lowest BCUT2D eigenvalue weighted by molar-refractivity contribution is -0.539. The molecule has 7 rings (SSSR count). The van der Waals surface area contributed by atoms with Gasteiger partial charge in [-0.25, -0.2) is 0 Å². The van der Waals surface area contributed by atoms with E-state index in [0.717, 1.165) is 0 Å². The summed E-state index contributed by atoms with van der Waals surface area (Å²) in [5.41, 5.74) is 7.76. The zero-order chi connectivity index (χ0) is 30.2. The highest BCUT2D eigenvalue weighted by Gasteiger charge is 2.50. The van der Waals surface area contributed by atoms with Crippen LogP contribution in [0, 0.1) is 0 Å². The van der Waals surface area contributed by atoms with Gasteiger partial charge in [0.1, 0.15) is 0 Å². The average Bonchev–Trinajstić information content (AvgIpc) is 3.49. The normalized spacial score (nSPS) is 21.8. The molecule has 5 aromatic carbocycles. The Morgan fingerprint density at radius 1 is 0.386 bits per heavy atom. The molecule has 0 aliphatic carbocycles. The lowest BCUT2D eigenvalue weighted by Crippen LogP contribution is -2.33. The van der Waals surface area contributed by atoms with Gasteiger partial charge < -0.3 is 0 Å². The Bertz CT molecular complexity index is 1680. The predicted molar refractivity (Wildman–Crippen MR) is 179 cm³/mol. The van der Waals surface area contributed by atoms with E-state index in [2.05, 4.69) is 193 Å². The van der Waals surface area contributed by atoms with E-state index in [1.54, 1.807) is 0 Å². The maximum absolute atomic E-state index is 2.49. The number of hydrogen-bond acceptors (Lipinski definition) is 2. The van der Waals surface area contributed by atoms with Crippen molar-refractivity contribution in [1.82, 2.24) is 9.80 Å². The van der Waals surface area contributed by atoms with Crippen LogP contribution < -0.4 is 0 Å². The summed E-state index contributed by atoms with van der Waals surface area (Å²) in [5, 5.41) is 0. The molecule has 2 heterocycles. The summed E-state index contributed by atoms with van der Waals surface area (Å²) in [7, 11) is 9.04. The zero-order valence-corrected chi connectivity index (χ0v) is 26.0. The lowest BCUT2D eigenvalue weighted by Gasteiger charge is -2.22. The molecule has 0 fully saturated rings. The fourth-order valence-corrected chi connectivity index (χ4v) is 7.73. The van der Waals surface area contributed by atoms with Gasteiger partial charge in [-0.1, -0.05) is 133 Å². The Morgan fingerprint density at radius 2 is 0.659 bits per heavy atom. The molecule has 4 nitrogen and oxygen atoms in total. The molecular weight excluding hydrogens is 536 g/mol. The van der Waals surface area contributed by atoms with Gasteiger partial charge in [0.2, 0.25) is 0 Å². The Labute approximate surface area is 261 Å². The number of amidine groups is 2. The van der Waals surface area contributed by atoms with Crippen molar-refractivity contribution < 1.29 is 9.15 Å². The van der Waals surface area contributed by atoms with Crippen LogP contribution in [0.1, 0.15) is 57.5 Å². The summed E-state index contributed by atoms with van der Waals surface area (Å²) < 4.78 is 4.98. The predicted octanol–water partition coefficient (Wildman–Crippen LogP) is 7.32. The van der Waals surface area contributed by atoms with E-state index in [1.165, 1.54) is 45.1 Å². The molecule has 0 N–H and O–H groups in total. The Kier molecular flexibility index (Phi) is 7.35. The number of rotatable bonds is 6. The third-order valence-electron chi connectivity index (χ3n) is 9.58. The van der Waals surface area contributed by atoms with E-state index < -0.39 is 0 Å². The fourth-order valence-electron chi connectivity index (χ4n) is 7.73. The summed E-state index contributed by atoms with van der Waals surface area (Å²) in [5.74, 6) is 2.47. The third-order valence-corrected chi connectivity index (χ3v) is 9.58. The molecule has 218 valence electrons. The maximum atomic E-state index is 2.49. The van der Waals surface area contributed by atoms with E-state index >= 15 is 0 Å². The van der Waals surface area contributed by atoms with E-state index in [0.29, 0.717) is 0 Å². The molecule has 0 aromatic heterocycles. The lowest BCUT2D eigenvalue weighted by atomic mass is 9.93. The van der Waals surface area contributed by atoms with Crippen LogP contribution in [0.5, 0.6) is 0 Å². The van der Waals surface area contributed by atoms with Crippen molar-refractivity contribution in [3.05, 3.63) is 179 Å². The molecule has 44 heavy (non-hydrogen) atoms. The van der Waals surface area contributed by atoms with E-state index in [9.17, 15) is 0 Å². The molecule has 2 aliphatic rings. The summed E-state index contributed by atoms with van der Waals surface area (Å²) in [4.78, 5) is 4.98. The standard InChI is InChI=1S/C40H40N4/c1-41-35(29-19-9-5-10-20-29)36(30-21-11-6-12-22-30)42(2)39(41)33-27-17-18-28-34(33)40-43(3)37(31-23-13-7-14-24-31)38(44(40)4)32-25-15-8-16-26-32/h5-28,35-38H,1-4H3/q+2/t35-,36-,37-,38-/m0/s1. The van der Waals surface area contributed by atoms with Crippen molar-refractivity contribution in [3.63, 3.8) is 0 Å². The molecule has 0 saturated heterocycles. The first kappa shape index (κ1) is 27.8. The van der Waals surface area contributed by atoms with Crippen molar-refractivity contribution in [2.24, 2.45) is 0 Å². The fraction of sp³-hybridized carbons (Fsp3) is 0.200. The molecule has 0 spiro atoms. The van der Waals surface area contributed by atoms with Gasteiger partial charge in [0, 0.05) is 22.3 Å². The summed E-state index contributed by atoms with van der Waals surface area (Å²) >= 11 is 0. The summed E-state index contributed by atoms with van der Waals surface area (Å²) in [6, 6.07) is 53.4. The van der Waals surface area contributed by atoms with Crippen LogP contribution in [-0.2, 0) is 0 Å². The van der Waals surface area contributed by atoms with Crippen molar-refractivity contribution >= 4 is 11.7 Å². The van der Waals surface area contributed by atoms with Crippen molar-refractivity contribution in [1.29, 1.82) is 0 Å². The van der Waals surface area contributed by atoms with Gasteiger partial charge in [-0.15, -0.1) is 0 Å². The highest BCUT2D eigenvalue weighted by molar-refractivity contribution is 6.08. The molecular formula is C40H40N4+2. The molecule has 0 radical (unpaired) electrons. The molecule has 0 unspecified atom stereocenters. The highest BCUT2D eigenvalue weighted by Crippen LogP contribution is 2.44. The second kappa shape index (κ2) is 11.6. The molecule has 0 bridgehead atoms. The highest BCUT2D eigenvalue weighted by atomic mass is 15.3. The van der Waals surface area contributed by atoms with Gasteiger partial charge >= 0.3 is 0 Å². The van der Waals surface area contributed by atoms with E-state index in [1.807, 2.05) is 0 Å². The van der Waals surface area contributed by atoms with Gasteiger partial charge in [-0.05, 0) is 12.1 Å². The van der Waals surface area contributed by atoms with Crippen LogP contribution in [0.2, 0.25) is 0 Å². The first-order valence-corrected chi connectivity index (χ1v) is 15.5. The largest absolute Gasteiger partial charge is 0.281 e. The topological polar surface area (TPSA) is 12.5 Å². The summed E-state index contributed by atoms with van der Waals surface area (Å²) in [6.45, 7) is 0. The number of hydrogen-bond donors (Lipinski definition) is 0. The molecule has 2 aliphatic heterocycles. The monoisotopic (exact) mass is 576 g/mol. The van der Waals surface area contributed by atoms with Crippen LogP contribution in [0.3, 0.4) is 0 Å². The first-order valence-electron chi connectivity index (χ1n) is 15.5. The molecule has 4 heteroatoms. The number of likely N-dealkylation sites (N-methyl/N-ethyl adjacent to an activating group) is 4. The van der Waals surface area contributed by atoms with Gasteiger partial charge in [0.25, 0.3) is 11.7 Å². The zero-order valence-electron chi connectivity index (χ0n) is 26.0. The van der Waals surface area contributed by atoms with Gasteiger partial charge in [-0.2, -0.15) is 0 Å². The van der Waals surface area contributed by atoms with Crippen molar-refractivity contribution in [2.45, 2.75) is 24.2 Å². The smallest absolute Gasteiger partial charge is 0.252 e. The molecule has 0 saturated carbocycles. The minimum Gasteiger partial charge on any atom is -0.252 e. The molecule has 5 aromatic rings. The quantitative estimate of drug-likeness (QED) is 0.197. The van der Waals surface area contributed by atoms with Crippen LogP contribution >= 0.6 is 0 Å². The second-order valence-electron chi connectivity index (χ2n) is 12.1. The first-order chi connectivity index (χ1) is 21.6. The van der Waals surface area contributed by atoms with Crippen molar-refractivity contribution in [3.8, 4) is 0 Å². The SMILES string of the molecule is CN1C(c2ccccc2C2=[N+](C)[C@@H](c3ccccc3)[C@H](c3ccccc3)N2C)=[N+](C)[C@@H](c2ccccc2)[C@@H]1c1ccccc1. The number of nitrogens with zero attached hydrogens (tertiary/aromatic N) is 4. The van der Waals surface area contributed by atoms with E-state index in [4.69, 9.17) is 0 Å². The molecule has 0 amide bonds. The van der Waals surface area contributed by atoms with Crippen LogP contribution in [0.4, 0.5) is 0 Å². The minimum atomic E-state index is 0.171. The van der Waals surface area contributed by atoms with Crippen LogP contribution in [0.25, 0.3) is 0 Å². The molecule has 4 atom stereocenters. The second-order valence-corrected chi connectivity index (χ2v) is 12.1. The minimum absolute atomic E-state index is 0.171. The Hall–Kier alpha value is -4.96. The van der Waals surface area contributed by atoms with E-state index in [-0.39, 0.29) is 24.2 Å². The third kappa shape index (κ3) is 4.62. The van der Waals surface area contributed by atoms with Crippen molar-refractivity contribution in [2.75, 3.05) is 28.2 Å².